The molecule has 0 spiro atoms. The maximum absolute atomic E-state index is 13.2. The molecule has 0 saturated heterocycles. The molecular formula is C24H20F3N3. The number of fused-ring (bicyclic) bond motifs is 2. The van der Waals surface area contributed by atoms with Crippen molar-refractivity contribution in [2.24, 2.45) is 0 Å². The second-order valence-corrected chi connectivity index (χ2v) is 7.63. The van der Waals surface area contributed by atoms with Crippen LogP contribution in [0.4, 0.5) is 19.1 Å². The number of halogens is 3. The topological polar surface area (TPSA) is 21.1 Å². The van der Waals surface area contributed by atoms with E-state index < -0.39 is 11.7 Å². The van der Waals surface area contributed by atoms with Crippen molar-refractivity contribution in [1.82, 2.24) is 9.55 Å². The van der Waals surface area contributed by atoms with Crippen LogP contribution in [0.15, 0.2) is 72.8 Å². The molecule has 2 heterocycles. The third-order valence-electron chi connectivity index (χ3n) is 5.65. The molecule has 3 nitrogen and oxygen atoms in total. The molecule has 1 aliphatic rings. The highest BCUT2D eigenvalue weighted by atomic mass is 19.4. The van der Waals surface area contributed by atoms with E-state index in [1.807, 2.05) is 47.0 Å². The van der Waals surface area contributed by atoms with Gasteiger partial charge in [-0.15, -0.1) is 0 Å². The van der Waals surface area contributed by atoms with Gasteiger partial charge in [0, 0.05) is 13.1 Å². The number of rotatable bonds is 3. The van der Waals surface area contributed by atoms with Gasteiger partial charge in [-0.1, -0.05) is 54.6 Å². The Bertz CT molecular complexity index is 1200. The molecule has 152 valence electrons. The van der Waals surface area contributed by atoms with Crippen LogP contribution in [0.2, 0.25) is 0 Å². The lowest BCUT2D eigenvalue weighted by Gasteiger charge is -2.30. The molecule has 0 aliphatic carbocycles. The largest absolute Gasteiger partial charge is 0.416 e. The monoisotopic (exact) mass is 407 g/mol. The molecular weight excluding hydrogens is 387 g/mol. The smallest absolute Gasteiger partial charge is 0.338 e. The minimum Gasteiger partial charge on any atom is -0.338 e. The molecule has 0 amide bonds. The molecule has 0 radical (unpaired) electrons. The van der Waals surface area contributed by atoms with E-state index >= 15 is 0 Å². The van der Waals surface area contributed by atoms with E-state index in [4.69, 9.17) is 0 Å². The number of imidazole rings is 1. The Hall–Kier alpha value is -3.28. The van der Waals surface area contributed by atoms with Gasteiger partial charge in [-0.2, -0.15) is 13.2 Å². The van der Waals surface area contributed by atoms with Crippen molar-refractivity contribution >= 4 is 17.0 Å². The minimum atomic E-state index is -4.39. The molecule has 0 unspecified atom stereocenters. The first-order valence-electron chi connectivity index (χ1n) is 9.92. The molecule has 3 aromatic carbocycles. The van der Waals surface area contributed by atoms with Gasteiger partial charge in [-0.05, 0) is 41.3 Å². The summed E-state index contributed by atoms with van der Waals surface area (Å²) in [5.41, 5.74) is 4.04. The zero-order chi connectivity index (χ0) is 20.7. The zero-order valence-electron chi connectivity index (χ0n) is 16.2. The Labute approximate surface area is 172 Å². The molecule has 6 heteroatoms. The molecule has 4 aromatic rings. The maximum Gasteiger partial charge on any atom is 0.416 e. The van der Waals surface area contributed by atoms with Gasteiger partial charge in [-0.3, -0.25) is 0 Å². The summed E-state index contributed by atoms with van der Waals surface area (Å²) in [5.74, 6) is 0.711. The van der Waals surface area contributed by atoms with Crippen molar-refractivity contribution in [1.29, 1.82) is 0 Å². The molecule has 30 heavy (non-hydrogen) atoms. The summed E-state index contributed by atoms with van der Waals surface area (Å²) in [7, 11) is 0. The molecule has 0 saturated carbocycles. The van der Waals surface area contributed by atoms with Gasteiger partial charge in [0.2, 0.25) is 5.95 Å². The predicted molar refractivity (Wildman–Crippen MR) is 111 cm³/mol. The Balaban J connectivity index is 1.61. The van der Waals surface area contributed by atoms with Crippen molar-refractivity contribution in [2.45, 2.75) is 25.7 Å². The van der Waals surface area contributed by atoms with Crippen LogP contribution < -0.4 is 4.90 Å². The van der Waals surface area contributed by atoms with Gasteiger partial charge < -0.3 is 9.47 Å². The van der Waals surface area contributed by atoms with Gasteiger partial charge in [-0.25, -0.2) is 4.98 Å². The first-order valence-corrected chi connectivity index (χ1v) is 9.92. The van der Waals surface area contributed by atoms with Crippen LogP contribution in [-0.4, -0.2) is 16.1 Å². The SMILES string of the molecule is FC(F)(F)c1ccc2c(c1)nc(N1CCc3ccccc3C1)n2Cc1ccccc1. The van der Waals surface area contributed by atoms with Crippen LogP contribution in [0.1, 0.15) is 22.3 Å². The van der Waals surface area contributed by atoms with Crippen LogP contribution in [0.5, 0.6) is 0 Å². The van der Waals surface area contributed by atoms with Crippen molar-refractivity contribution in [3.63, 3.8) is 0 Å². The van der Waals surface area contributed by atoms with E-state index in [9.17, 15) is 13.2 Å². The highest BCUT2D eigenvalue weighted by Gasteiger charge is 2.31. The van der Waals surface area contributed by atoms with Gasteiger partial charge in [0.1, 0.15) is 0 Å². The Morgan fingerprint density at radius 1 is 0.867 bits per heavy atom. The van der Waals surface area contributed by atoms with Crippen LogP contribution >= 0.6 is 0 Å². The van der Waals surface area contributed by atoms with Crippen molar-refractivity contribution in [3.05, 3.63) is 95.1 Å². The molecule has 5 rings (SSSR count). The Morgan fingerprint density at radius 2 is 1.60 bits per heavy atom. The molecule has 0 N–H and O–H groups in total. The average Bonchev–Trinajstić information content (AvgIpc) is 3.11. The number of benzene rings is 3. The Kier molecular flexibility index (Phi) is 4.50. The average molecular weight is 407 g/mol. The molecule has 0 atom stereocenters. The molecule has 1 aromatic heterocycles. The lowest BCUT2D eigenvalue weighted by molar-refractivity contribution is -0.137. The van der Waals surface area contributed by atoms with Gasteiger partial charge in [0.05, 0.1) is 23.1 Å². The van der Waals surface area contributed by atoms with E-state index in [1.54, 1.807) is 0 Å². The third kappa shape index (κ3) is 3.43. The number of anilines is 1. The summed E-state index contributed by atoms with van der Waals surface area (Å²) in [6, 6.07) is 22.0. The summed E-state index contributed by atoms with van der Waals surface area (Å²) >= 11 is 0. The van der Waals surface area contributed by atoms with Crippen molar-refractivity contribution in [3.8, 4) is 0 Å². The fourth-order valence-corrected chi connectivity index (χ4v) is 4.12. The fourth-order valence-electron chi connectivity index (χ4n) is 4.12. The standard InChI is InChI=1S/C24H20F3N3/c25-24(26,27)20-10-11-22-21(14-20)28-23(30(22)15-17-6-2-1-3-7-17)29-13-12-18-8-4-5-9-19(18)16-29/h1-11,14H,12-13,15-16H2. The summed E-state index contributed by atoms with van der Waals surface area (Å²) in [6.45, 7) is 2.03. The van der Waals surface area contributed by atoms with Gasteiger partial charge in [0.15, 0.2) is 0 Å². The molecule has 0 fully saturated rings. The molecule has 0 bridgehead atoms. The summed E-state index contributed by atoms with van der Waals surface area (Å²) in [6.07, 6.45) is -3.50. The van der Waals surface area contributed by atoms with Gasteiger partial charge >= 0.3 is 6.18 Å². The van der Waals surface area contributed by atoms with E-state index in [1.165, 1.54) is 17.2 Å². The number of hydrogen-bond acceptors (Lipinski definition) is 2. The van der Waals surface area contributed by atoms with Crippen molar-refractivity contribution in [2.75, 3.05) is 11.4 Å². The predicted octanol–water partition coefficient (Wildman–Crippen LogP) is 5.67. The quantitative estimate of drug-likeness (QED) is 0.437. The minimum absolute atomic E-state index is 0.370. The summed E-state index contributed by atoms with van der Waals surface area (Å²) in [4.78, 5) is 6.83. The summed E-state index contributed by atoms with van der Waals surface area (Å²) in [5, 5.41) is 0. The highest BCUT2D eigenvalue weighted by Crippen LogP contribution is 2.34. The van der Waals surface area contributed by atoms with E-state index in [2.05, 4.69) is 22.0 Å². The number of hydrogen-bond donors (Lipinski definition) is 0. The third-order valence-corrected chi connectivity index (χ3v) is 5.65. The lowest BCUT2D eigenvalue weighted by atomic mass is 10.0. The Morgan fingerprint density at radius 3 is 2.37 bits per heavy atom. The maximum atomic E-state index is 13.2. The van der Waals surface area contributed by atoms with Crippen LogP contribution in [0.3, 0.4) is 0 Å². The summed E-state index contributed by atoms with van der Waals surface area (Å²) < 4.78 is 41.8. The van der Waals surface area contributed by atoms with E-state index in [-0.39, 0.29) is 0 Å². The number of nitrogens with zero attached hydrogens (tertiary/aromatic N) is 3. The van der Waals surface area contributed by atoms with Crippen LogP contribution in [0.25, 0.3) is 11.0 Å². The van der Waals surface area contributed by atoms with Crippen LogP contribution in [0, 0.1) is 0 Å². The lowest BCUT2D eigenvalue weighted by Crippen LogP contribution is -2.32. The highest BCUT2D eigenvalue weighted by molar-refractivity contribution is 5.80. The van der Waals surface area contributed by atoms with E-state index in [0.29, 0.717) is 30.1 Å². The molecule has 1 aliphatic heterocycles. The van der Waals surface area contributed by atoms with Crippen LogP contribution in [-0.2, 0) is 25.7 Å². The normalized spacial score (nSPS) is 14.2. The van der Waals surface area contributed by atoms with Gasteiger partial charge in [0.25, 0.3) is 0 Å². The number of aromatic nitrogens is 2. The second-order valence-electron chi connectivity index (χ2n) is 7.63. The fraction of sp³-hybridized carbons (Fsp3) is 0.208. The van der Waals surface area contributed by atoms with E-state index in [0.717, 1.165) is 30.7 Å². The first-order chi connectivity index (χ1) is 14.5. The number of alkyl halides is 3. The first kappa shape index (κ1) is 18.7. The van der Waals surface area contributed by atoms with Crippen molar-refractivity contribution < 1.29 is 13.2 Å². The zero-order valence-corrected chi connectivity index (χ0v) is 16.2. The second kappa shape index (κ2) is 7.20.